The standard InChI is InChI=1S/C16H23ClN2O3S/c1-23(21,22)19-15-10-9-12(17)11-14(15)16(20)18-13-7-5-3-2-4-6-8-13/h9-11,13,19H,2-8H2,1H3,(H,18,20). The minimum Gasteiger partial charge on any atom is -0.349 e. The predicted molar refractivity (Wildman–Crippen MR) is 93.5 cm³/mol. The highest BCUT2D eigenvalue weighted by Gasteiger charge is 2.19. The van der Waals surface area contributed by atoms with E-state index in [4.69, 9.17) is 11.6 Å². The summed E-state index contributed by atoms with van der Waals surface area (Å²) in [6, 6.07) is 4.69. The summed E-state index contributed by atoms with van der Waals surface area (Å²) >= 11 is 5.97. The highest BCUT2D eigenvalue weighted by Crippen LogP contribution is 2.23. The number of hydrogen-bond acceptors (Lipinski definition) is 3. The van der Waals surface area contributed by atoms with Gasteiger partial charge < -0.3 is 5.32 Å². The minimum absolute atomic E-state index is 0.132. The summed E-state index contributed by atoms with van der Waals surface area (Å²) in [6.45, 7) is 0. The molecule has 0 heterocycles. The molecule has 2 N–H and O–H groups in total. The Kier molecular flexibility index (Phi) is 6.30. The second-order valence-corrected chi connectivity index (χ2v) is 8.26. The van der Waals surface area contributed by atoms with Crippen molar-refractivity contribution in [1.82, 2.24) is 5.32 Å². The van der Waals surface area contributed by atoms with Crippen molar-refractivity contribution < 1.29 is 13.2 Å². The van der Waals surface area contributed by atoms with E-state index in [1.807, 2.05) is 0 Å². The Morgan fingerprint density at radius 1 is 1.13 bits per heavy atom. The maximum Gasteiger partial charge on any atom is 0.253 e. The van der Waals surface area contributed by atoms with Crippen LogP contribution in [0.4, 0.5) is 5.69 Å². The third-order valence-corrected chi connectivity index (χ3v) is 4.79. The van der Waals surface area contributed by atoms with Gasteiger partial charge in [0.2, 0.25) is 10.0 Å². The highest BCUT2D eigenvalue weighted by atomic mass is 35.5. The quantitative estimate of drug-likeness (QED) is 0.864. The van der Waals surface area contributed by atoms with Gasteiger partial charge in [-0.1, -0.05) is 43.7 Å². The fourth-order valence-electron chi connectivity index (χ4n) is 2.86. The summed E-state index contributed by atoms with van der Waals surface area (Å²) in [5, 5.41) is 3.42. The summed E-state index contributed by atoms with van der Waals surface area (Å²) in [4.78, 5) is 12.6. The molecule has 1 aliphatic rings. The molecule has 0 spiro atoms. The number of nitrogens with one attached hydrogen (secondary N) is 2. The molecule has 0 aromatic heterocycles. The first-order chi connectivity index (χ1) is 10.8. The lowest BCUT2D eigenvalue weighted by atomic mass is 9.96. The number of amides is 1. The van der Waals surface area contributed by atoms with Gasteiger partial charge in [-0.3, -0.25) is 9.52 Å². The summed E-state index contributed by atoms with van der Waals surface area (Å²) in [5.41, 5.74) is 0.505. The van der Waals surface area contributed by atoms with E-state index in [1.165, 1.54) is 31.4 Å². The first-order valence-corrected chi connectivity index (χ1v) is 10.2. The van der Waals surface area contributed by atoms with Crippen molar-refractivity contribution in [3.8, 4) is 0 Å². The van der Waals surface area contributed by atoms with Crippen molar-refractivity contribution in [2.45, 2.75) is 51.0 Å². The molecule has 0 unspecified atom stereocenters. The van der Waals surface area contributed by atoms with Crippen LogP contribution in [0.3, 0.4) is 0 Å². The van der Waals surface area contributed by atoms with Gasteiger partial charge in [0, 0.05) is 11.1 Å². The van der Waals surface area contributed by atoms with E-state index < -0.39 is 10.0 Å². The molecule has 5 nitrogen and oxygen atoms in total. The van der Waals surface area contributed by atoms with Gasteiger partial charge in [0.1, 0.15) is 0 Å². The Labute approximate surface area is 142 Å². The summed E-state index contributed by atoms with van der Waals surface area (Å²) in [6.07, 6.45) is 8.84. The zero-order valence-corrected chi connectivity index (χ0v) is 14.8. The van der Waals surface area contributed by atoms with Crippen LogP contribution in [-0.2, 0) is 10.0 Å². The van der Waals surface area contributed by atoms with Gasteiger partial charge in [-0.2, -0.15) is 0 Å². The lowest BCUT2D eigenvalue weighted by molar-refractivity contribution is 0.0931. The van der Waals surface area contributed by atoms with Gasteiger partial charge in [-0.05, 0) is 31.0 Å². The topological polar surface area (TPSA) is 75.3 Å². The van der Waals surface area contributed by atoms with Crippen LogP contribution in [0.2, 0.25) is 5.02 Å². The molecular weight excluding hydrogens is 336 g/mol. The molecule has 1 amide bonds. The van der Waals surface area contributed by atoms with Gasteiger partial charge >= 0.3 is 0 Å². The number of sulfonamides is 1. The molecular formula is C16H23ClN2O3S. The van der Waals surface area contributed by atoms with Gasteiger partial charge in [-0.15, -0.1) is 0 Å². The van der Waals surface area contributed by atoms with Crippen LogP contribution in [-0.4, -0.2) is 26.6 Å². The van der Waals surface area contributed by atoms with Gasteiger partial charge in [0.15, 0.2) is 0 Å². The van der Waals surface area contributed by atoms with Gasteiger partial charge in [-0.25, -0.2) is 8.42 Å². The molecule has 128 valence electrons. The minimum atomic E-state index is -3.46. The molecule has 1 aromatic carbocycles. The van der Waals surface area contributed by atoms with E-state index in [2.05, 4.69) is 10.0 Å². The van der Waals surface area contributed by atoms with E-state index >= 15 is 0 Å². The maximum atomic E-state index is 12.6. The molecule has 23 heavy (non-hydrogen) atoms. The van der Waals surface area contributed by atoms with Crippen LogP contribution in [0, 0.1) is 0 Å². The second kappa shape index (κ2) is 8.02. The fourth-order valence-corrected chi connectivity index (χ4v) is 3.61. The van der Waals surface area contributed by atoms with Gasteiger partial charge in [0.05, 0.1) is 17.5 Å². The molecule has 1 saturated carbocycles. The molecule has 0 aliphatic heterocycles. The van der Waals surface area contributed by atoms with E-state index in [9.17, 15) is 13.2 Å². The van der Waals surface area contributed by atoms with Crippen molar-refractivity contribution in [3.63, 3.8) is 0 Å². The third-order valence-electron chi connectivity index (χ3n) is 3.96. The molecule has 0 saturated heterocycles. The van der Waals surface area contributed by atoms with E-state index in [0.717, 1.165) is 31.9 Å². The number of benzene rings is 1. The highest BCUT2D eigenvalue weighted by molar-refractivity contribution is 7.92. The average molecular weight is 359 g/mol. The van der Waals surface area contributed by atoms with Crippen molar-refractivity contribution in [3.05, 3.63) is 28.8 Å². The van der Waals surface area contributed by atoms with Crippen LogP contribution in [0.1, 0.15) is 55.3 Å². The summed E-state index contributed by atoms with van der Waals surface area (Å²) in [5.74, 6) is -0.288. The molecule has 7 heteroatoms. The van der Waals surface area contributed by atoms with E-state index in [0.29, 0.717) is 5.02 Å². The molecule has 0 atom stereocenters. The summed E-state index contributed by atoms with van der Waals surface area (Å²) in [7, 11) is -3.46. The number of carbonyl (C=O) groups excluding carboxylic acids is 1. The first kappa shape index (κ1) is 18.1. The molecule has 1 aromatic rings. The number of hydrogen-bond donors (Lipinski definition) is 2. The van der Waals surface area contributed by atoms with Crippen molar-refractivity contribution in [2.24, 2.45) is 0 Å². The number of carbonyl (C=O) groups is 1. The van der Waals surface area contributed by atoms with Crippen LogP contribution < -0.4 is 10.0 Å². The fraction of sp³-hybridized carbons (Fsp3) is 0.562. The molecule has 0 bridgehead atoms. The Morgan fingerprint density at radius 3 is 2.35 bits per heavy atom. The Bertz CT molecular complexity index is 653. The summed E-state index contributed by atoms with van der Waals surface area (Å²) < 4.78 is 25.3. The normalized spacial score (nSPS) is 17.1. The smallest absolute Gasteiger partial charge is 0.253 e. The average Bonchev–Trinajstić information content (AvgIpc) is 2.42. The monoisotopic (exact) mass is 358 g/mol. The van der Waals surface area contributed by atoms with Crippen LogP contribution in [0.15, 0.2) is 18.2 Å². The van der Waals surface area contributed by atoms with Gasteiger partial charge in [0.25, 0.3) is 5.91 Å². The van der Waals surface area contributed by atoms with Crippen molar-refractivity contribution in [2.75, 3.05) is 11.0 Å². The van der Waals surface area contributed by atoms with Crippen molar-refractivity contribution in [1.29, 1.82) is 0 Å². The Balaban J connectivity index is 2.15. The van der Waals surface area contributed by atoms with Crippen LogP contribution >= 0.6 is 11.6 Å². The largest absolute Gasteiger partial charge is 0.349 e. The molecule has 0 radical (unpaired) electrons. The molecule has 2 rings (SSSR count). The molecule has 1 fully saturated rings. The van der Waals surface area contributed by atoms with Crippen LogP contribution in [0.5, 0.6) is 0 Å². The lowest BCUT2D eigenvalue weighted by Gasteiger charge is -2.22. The van der Waals surface area contributed by atoms with Crippen molar-refractivity contribution >= 4 is 33.2 Å². The van der Waals surface area contributed by atoms with E-state index in [1.54, 1.807) is 6.07 Å². The van der Waals surface area contributed by atoms with Crippen LogP contribution in [0.25, 0.3) is 0 Å². The number of halogens is 1. The second-order valence-electron chi connectivity index (χ2n) is 6.08. The Morgan fingerprint density at radius 2 is 1.74 bits per heavy atom. The zero-order valence-electron chi connectivity index (χ0n) is 13.3. The zero-order chi connectivity index (χ0) is 16.9. The van der Waals surface area contributed by atoms with E-state index in [-0.39, 0.29) is 23.2 Å². The SMILES string of the molecule is CS(=O)(=O)Nc1ccc(Cl)cc1C(=O)NC1CCCCCCC1. The predicted octanol–water partition coefficient (Wildman–Crippen LogP) is 3.55. The third kappa shape index (κ3) is 6.03. The number of anilines is 1. The number of rotatable bonds is 4. The lowest BCUT2D eigenvalue weighted by Crippen LogP contribution is -2.35. The maximum absolute atomic E-state index is 12.6. The molecule has 1 aliphatic carbocycles. The Hall–Kier alpha value is -1.27. The first-order valence-electron chi connectivity index (χ1n) is 7.93.